The van der Waals surface area contributed by atoms with E-state index < -0.39 is 15.9 Å². The number of nitrogens with zero attached hydrogens (tertiary/aromatic N) is 3. The Labute approximate surface area is 144 Å². The lowest BCUT2D eigenvalue weighted by atomic mass is 10.2. The van der Waals surface area contributed by atoms with E-state index in [4.69, 9.17) is 0 Å². The van der Waals surface area contributed by atoms with Crippen molar-refractivity contribution in [1.82, 2.24) is 15.0 Å². The molecule has 1 amide bonds. The predicted molar refractivity (Wildman–Crippen MR) is 94.2 cm³/mol. The lowest BCUT2D eigenvalue weighted by Gasteiger charge is -2.10. The van der Waals surface area contributed by atoms with Crippen molar-refractivity contribution >= 4 is 27.3 Å². The summed E-state index contributed by atoms with van der Waals surface area (Å²) >= 11 is 0. The van der Waals surface area contributed by atoms with E-state index in [0.717, 1.165) is 11.9 Å². The van der Waals surface area contributed by atoms with Gasteiger partial charge in [0.2, 0.25) is 10.0 Å². The lowest BCUT2D eigenvalue weighted by molar-refractivity contribution is 0.102. The Morgan fingerprint density at radius 1 is 1.00 bits per heavy atom. The molecule has 0 aliphatic heterocycles. The second-order valence-corrected chi connectivity index (χ2v) is 6.98. The second kappa shape index (κ2) is 6.73. The molecule has 25 heavy (non-hydrogen) atoms. The Hall–Kier alpha value is -3.20. The number of carbonyl (C=O) groups is 1. The van der Waals surface area contributed by atoms with Crippen molar-refractivity contribution in [3.63, 3.8) is 0 Å². The van der Waals surface area contributed by atoms with Crippen molar-refractivity contribution < 1.29 is 13.2 Å². The zero-order valence-corrected chi connectivity index (χ0v) is 14.1. The van der Waals surface area contributed by atoms with Crippen LogP contribution in [0.2, 0.25) is 0 Å². The highest BCUT2D eigenvalue weighted by Gasteiger charge is 2.14. The molecule has 0 spiro atoms. The summed E-state index contributed by atoms with van der Waals surface area (Å²) in [7, 11) is -3.47. The highest BCUT2D eigenvalue weighted by molar-refractivity contribution is 7.92. The molecule has 0 saturated carbocycles. The third-order valence-electron chi connectivity index (χ3n) is 3.18. The summed E-state index contributed by atoms with van der Waals surface area (Å²) < 4.78 is 25.2. The van der Waals surface area contributed by atoms with Gasteiger partial charge in [0.15, 0.2) is 5.69 Å². The van der Waals surface area contributed by atoms with Gasteiger partial charge in [-0.05, 0) is 24.3 Å². The molecule has 3 rings (SSSR count). The highest BCUT2D eigenvalue weighted by Crippen LogP contribution is 2.22. The number of benzene rings is 2. The number of hydrogen-bond donors (Lipinski definition) is 2. The molecule has 3 aromatic rings. The van der Waals surface area contributed by atoms with E-state index >= 15 is 0 Å². The van der Waals surface area contributed by atoms with Crippen LogP contribution in [-0.4, -0.2) is 35.6 Å². The Kier molecular flexibility index (Phi) is 4.48. The first-order valence-electron chi connectivity index (χ1n) is 7.28. The van der Waals surface area contributed by atoms with Gasteiger partial charge in [-0.15, -0.1) is 5.10 Å². The minimum atomic E-state index is -3.47. The molecule has 0 bridgehead atoms. The summed E-state index contributed by atoms with van der Waals surface area (Å²) in [6.07, 6.45) is 2.38. The van der Waals surface area contributed by atoms with Crippen molar-refractivity contribution in [2.24, 2.45) is 0 Å². The first-order chi connectivity index (χ1) is 11.9. The highest BCUT2D eigenvalue weighted by atomic mass is 32.2. The van der Waals surface area contributed by atoms with Gasteiger partial charge in [-0.1, -0.05) is 30.3 Å². The third kappa shape index (κ3) is 4.21. The Morgan fingerprint density at radius 3 is 2.32 bits per heavy atom. The fourth-order valence-corrected chi connectivity index (χ4v) is 2.70. The number of rotatable bonds is 5. The number of hydrogen-bond acceptors (Lipinski definition) is 5. The molecule has 0 unspecified atom stereocenters. The van der Waals surface area contributed by atoms with Gasteiger partial charge in [-0.3, -0.25) is 9.52 Å². The van der Waals surface area contributed by atoms with Crippen LogP contribution in [0.25, 0.3) is 5.69 Å². The average molecular weight is 357 g/mol. The third-order valence-corrected chi connectivity index (χ3v) is 3.77. The number of sulfonamides is 1. The van der Waals surface area contributed by atoms with Crippen molar-refractivity contribution in [3.05, 3.63) is 66.5 Å². The summed E-state index contributed by atoms with van der Waals surface area (Å²) in [6, 6.07) is 15.7. The van der Waals surface area contributed by atoms with Gasteiger partial charge >= 0.3 is 0 Å². The van der Waals surface area contributed by atoms with Crippen molar-refractivity contribution in [3.8, 4) is 5.69 Å². The summed E-state index contributed by atoms with van der Waals surface area (Å²) in [5, 5.41) is 10.8. The quantitative estimate of drug-likeness (QED) is 0.725. The fourth-order valence-electron chi connectivity index (χ4n) is 2.12. The van der Waals surface area contributed by atoms with E-state index in [9.17, 15) is 13.2 Å². The van der Waals surface area contributed by atoms with E-state index in [1.807, 2.05) is 30.3 Å². The average Bonchev–Trinajstić information content (AvgIpc) is 3.06. The van der Waals surface area contributed by atoms with E-state index in [1.54, 1.807) is 24.3 Å². The van der Waals surface area contributed by atoms with Crippen LogP contribution in [0.4, 0.5) is 11.4 Å². The maximum absolute atomic E-state index is 12.4. The number of aromatic nitrogens is 3. The molecule has 0 saturated heterocycles. The fraction of sp³-hybridized carbons (Fsp3) is 0.0625. The molecule has 9 heteroatoms. The molecular formula is C16H15N5O3S. The summed E-state index contributed by atoms with van der Waals surface area (Å²) in [5.74, 6) is -0.495. The zero-order chi connectivity index (χ0) is 17.9. The van der Waals surface area contributed by atoms with Crippen LogP contribution in [0.5, 0.6) is 0 Å². The van der Waals surface area contributed by atoms with Crippen LogP contribution >= 0.6 is 0 Å². The molecule has 0 aliphatic carbocycles. The van der Waals surface area contributed by atoms with E-state index in [-0.39, 0.29) is 11.4 Å². The molecule has 8 nitrogen and oxygen atoms in total. The molecule has 0 atom stereocenters. The van der Waals surface area contributed by atoms with Crippen molar-refractivity contribution in [2.45, 2.75) is 0 Å². The Morgan fingerprint density at radius 2 is 1.64 bits per heavy atom. The van der Waals surface area contributed by atoms with Gasteiger partial charge in [0, 0.05) is 0 Å². The van der Waals surface area contributed by atoms with E-state index in [1.165, 1.54) is 11.0 Å². The molecule has 0 fully saturated rings. The van der Waals surface area contributed by atoms with Gasteiger partial charge in [-0.2, -0.15) is 9.90 Å². The summed E-state index contributed by atoms with van der Waals surface area (Å²) in [4.78, 5) is 13.7. The Bertz CT molecular complexity index is 999. The number of para-hydroxylation sites is 3. The molecule has 2 N–H and O–H groups in total. The first-order valence-corrected chi connectivity index (χ1v) is 9.17. The molecular weight excluding hydrogens is 342 g/mol. The number of amides is 1. The van der Waals surface area contributed by atoms with Crippen LogP contribution in [0, 0.1) is 0 Å². The van der Waals surface area contributed by atoms with Crippen molar-refractivity contribution in [1.29, 1.82) is 0 Å². The molecule has 1 heterocycles. The molecule has 1 aromatic heterocycles. The number of carbonyl (C=O) groups excluding carboxylic acids is 1. The molecule has 2 aromatic carbocycles. The standard InChI is InChI=1S/C16H15N5O3S/c1-25(23,24)20-14-10-6-5-9-13(14)18-16(22)15-11-17-21(19-15)12-7-3-2-4-8-12/h2-11,20H,1H3,(H,18,22). The zero-order valence-electron chi connectivity index (χ0n) is 13.2. The minimum absolute atomic E-state index is 0.109. The largest absolute Gasteiger partial charge is 0.319 e. The second-order valence-electron chi connectivity index (χ2n) is 5.23. The van der Waals surface area contributed by atoms with Gasteiger partial charge in [0.1, 0.15) is 0 Å². The van der Waals surface area contributed by atoms with Crippen molar-refractivity contribution in [2.75, 3.05) is 16.3 Å². The van der Waals surface area contributed by atoms with Gasteiger partial charge in [-0.25, -0.2) is 8.42 Å². The monoisotopic (exact) mass is 357 g/mol. The summed E-state index contributed by atoms with van der Waals surface area (Å²) in [5.41, 5.74) is 1.43. The normalized spacial score (nSPS) is 11.1. The van der Waals surface area contributed by atoms with Crippen LogP contribution in [0.15, 0.2) is 60.8 Å². The smallest absolute Gasteiger partial charge is 0.277 e. The van der Waals surface area contributed by atoms with Gasteiger partial charge in [0.05, 0.1) is 29.5 Å². The molecule has 0 aliphatic rings. The predicted octanol–water partition coefficient (Wildman–Crippen LogP) is 1.89. The van der Waals surface area contributed by atoms with Crippen LogP contribution in [0.1, 0.15) is 10.5 Å². The van der Waals surface area contributed by atoms with Crippen LogP contribution in [0.3, 0.4) is 0 Å². The molecule has 0 radical (unpaired) electrons. The maximum Gasteiger partial charge on any atom is 0.277 e. The minimum Gasteiger partial charge on any atom is -0.319 e. The Balaban J connectivity index is 1.81. The van der Waals surface area contributed by atoms with Crippen LogP contribution in [-0.2, 0) is 10.0 Å². The van der Waals surface area contributed by atoms with E-state index in [0.29, 0.717) is 5.69 Å². The van der Waals surface area contributed by atoms with Crippen LogP contribution < -0.4 is 10.0 Å². The van der Waals surface area contributed by atoms with Gasteiger partial charge in [0.25, 0.3) is 5.91 Å². The topological polar surface area (TPSA) is 106 Å². The number of anilines is 2. The summed E-state index contributed by atoms with van der Waals surface area (Å²) in [6.45, 7) is 0. The van der Waals surface area contributed by atoms with E-state index in [2.05, 4.69) is 20.2 Å². The maximum atomic E-state index is 12.4. The number of nitrogens with one attached hydrogen (secondary N) is 2. The van der Waals surface area contributed by atoms with Gasteiger partial charge < -0.3 is 5.32 Å². The lowest BCUT2D eigenvalue weighted by Crippen LogP contribution is -2.16. The molecule has 128 valence electrons. The SMILES string of the molecule is CS(=O)(=O)Nc1ccccc1NC(=O)c1cnn(-c2ccccc2)n1. The first kappa shape index (κ1) is 16.7.